The van der Waals surface area contributed by atoms with Crippen LogP contribution in [-0.2, 0) is 14.8 Å². The SMILES string of the molecule is CCC1(CC)[C@@H](C(=O)Nc2cc(Cl)ccc2OC)[C@@H]1c1ccc(S(N)(=O)=O)cc1. The van der Waals surface area contributed by atoms with Gasteiger partial charge in [-0.2, -0.15) is 0 Å². The highest BCUT2D eigenvalue weighted by Crippen LogP contribution is 2.69. The highest BCUT2D eigenvalue weighted by Gasteiger charge is 2.65. The van der Waals surface area contributed by atoms with E-state index < -0.39 is 10.0 Å². The van der Waals surface area contributed by atoms with Gasteiger partial charge in [-0.05, 0) is 54.2 Å². The number of hydrogen-bond acceptors (Lipinski definition) is 4. The first kappa shape index (κ1) is 21.6. The summed E-state index contributed by atoms with van der Waals surface area (Å²) >= 11 is 6.07. The first-order valence-corrected chi connectivity index (χ1v) is 11.4. The Balaban J connectivity index is 1.89. The van der Waals surface area contributed by atoms with Crippen LogP contribution in [0.3, 0.4) is 0 Å². The fourth-order valence-corrected chi connectivity index (χ4v) is 5.10. The summed E-state index contributed by atoms with van der Waals surface area (Å²) in [6.07, 6.45) is 1.66. The van der Waals surface area contributed by atoms with Crippen LogP contribution < -0.4 is 15.2 Å². The molecule has 1 saturated carbocycles. The third-order valence-corrected chi connectivity index (χ3v) is 7.21. The van der Waals surface area contributed by atoms with Crippen molar-refractivity contribution in [3.8, 4) is 5.75 Å². The summed E-state index contributed by atoms with van der Waals surface area (Å²) in [5.41, 5.74) is 1.28. The molecule has 29 heavy (non-hydrogen) atoms. The predicted octanol–water partition coefficient (Wildman–Crippen LogP) is 4.15. The van der Waals surface area contributed by atoms with E-state index in [0.717, 1.165) is 18.4 Å². The van der Waals surface area contributed by atoms with Crippen molar-refractivity contribution in [3.63, 3.8) is 0 Å². The van der Waals surface area contributed by atoms with E-state index in [2.05, 4.69) is 19.2 Å². The minimum atomic E-state index is -3.75. The molecule has 1 fully saturated rings. The van der Waals surface area contributed by atoms with Gasteiger partial charge in [0.1, 0.15) is 5.75 Å². The molecule has 3 rings (SSSR count). The van der Waals surface area contributed by atoms with E-state index in [0.29, 0.717) is 16.5 Å². The number of ether oxygens (including phenoxy) is 1. The summed E-state index contributed by atoms with van der Waals surface area (Å²) in [7, 11) is -2.22. The molecule has 1 amide bonds. The van der Waals surface area contributed by atoms with Gasteiger partial charge in [0.05, 0.1) is 23.6 Å². The van der Waals surface area contributed by atoms with E-state index in [1.165, 1.54) is 19.2 Å². The fourth-order valence-electron chi connectivity index (χ4n) is 4.41. The standard InChI is InChI=1S/C21H25ClN2O4S/c1-4-21(5-2)18(13-6-9-15(10-7-13)29(23,26)27)19(21)20(25)24-16-12-14(22)8-11-17(16)28-3/h6-12,18-19H,4-5H2,1-3H3,(H,24,25)(H2,23,26,27)/t18-,19+/m0/s1. The van der Waals surface area contributed by atoms with E-state index in [9.17, 15) is 13.2 Å². The number of hydrogen-bond donors (Lipinski definition) is 2. The van der Waals surface area contributed by atoms with Crippen LogP contribution in [0.2, 0.25) is 5.02 Å². The Morgan fingerprint density at radius 3 is 2.31 bits per heavy atom. The quantitative estimate of drug-likeness (QED) is 0.680. The number of primary sulfonamides is 1. The Morgan fingerprint density at radius 2 is 1.79 bits per heavy atom. The summed E-state index contributed by atoms with van der Waals surface area (Å²) in [4.78, 5) is 13.2. The molecule has 0 aliphatic heterocycles. The Bertz CT molecular complexity index is 1020. The Morgan fingerprint density at radius 1 is 1.17 bits per heavy atom. The number of anilines is 1. The highest BCUT2D eigenvalue weighted by molar-refractivity contribution is 7.89. The van der Waals surface area contributed by atoms with Crippen LogP contribution in [0.1, 0.15) is 38.2 Å². The summed E-state index contributed by atoms with van der Waals surface area (Å²) in [6, 6.07) is 11.6. The number of halogens is 1. The Labute approximate surface area is 176 Å². The first-order valence-electron chi connectivity index (χ1n) is 9.45. The van der Waals surface area contributed by atoms with Crippen molar-refractivity contribution in [1.82, 2.24) is 0 Å². The van der Waals surface area contributed by atoms with Crippen LogP contribution in [0, 0.1) is 11.3 Å². The average Bonchev–Trinajstić information content (AvgIpc) is 3.37. The van der Waals surface area contributed by atoms with Gasteiger partial charge < -0.3 is 10.1 Å². The first-order chi connectivity index (χ1) is 13.7. The Kier molecular flexibility index (Phi) is 5.94. The molecule has 1 aliphatic carbocycles. The van der Waals surface area contributed by atoms with Gasteiger partial charge in [0.2, 0.25) is 15.9 Å². The minimum Gasteiger partial charge on any atom is -0.495 e. The summed E-state index contributed by atoms with van der Waals surface area (Å²) in [5, 5.41) is 8.65. The number of nitrogens with one attached hydrogen (secondary N) is 1. The number of amides is 1. The van der Waals surface area contributed by atoms with Gasteiger partial charge >= 0.3 is 0 Å². The van der Waals surface area contributed by atoms with Crippen molar-refractivity contribution < 1.29 is 17.9 Å². The van der Waals surface area contributed by atoms with Gasteiger partial charge in [0.25, 0.3) is 0 Å². The van der Waals surface area contributed by atoms with Crippen LogP contribution in [0.4, 0.5) is 5.69 Å². The fraction of sp³-hybridized carbons (Fsp3) is 0.381. The van der Waals surface area contributed by atoms with Crippen LogP contribution in [0.25, 0.3) is 0 Å². The highest BCUT2D eigenvalue weighted by atomic mass is 35.5. The smallest absolute Gasteiger partial charge is 0.238 e. The molecule has 0 unspecified atom stereocenters. The lowest BCUT2D eigenvalue weighted by atomic mass is 9.93. The number of carbonyl (C=O) groups is 1. The molecule has 0 heterocycles. The maximum absolute atomic E-state index is 13.2. The molecular weight excluding hydrogens is 412 g/mol. The van der Waals surface area contributed by atoms with E-state index in [-0.39, 0.29) is 28.1 Å². The molecule has 0 bridgehead atoms. The lowest BCUT2D eigenvalue weighted by Crippen LogP contribution is -2.18. The summed E-state index contributed by atoms with van der Waals surface area (Å²) in [5.74, 6) is 0.199. The Hall–Kier alpha value is -2.09. The number of sulfonamides is 1. The van der Waals surface area contributed by atoms with Crippen molar-refractivity contribution in [3.05, 3.63) is 53.1 Å². The molecule has 8 heteroatoms. The molecule has 2 aromatic rings. The van der Waals surface area contributed by atoms with E-state index in [1.54, 1.807) is 30.3 Å². The third kappa shape index (κ3) is 3.99. The van der Waals surface area contributed by atoms with Crippen LogP contribution in [0.5, 0.6) is 5.75 Å². The van der Waals surface area contributed by atoms with E-state index in [4.69, 9.17) is 21.5 Å². The van der Waals surface area contributed by atoms with Gasteiger partial charge in [-0.3, -0.25) is 4.79 Å². The molecule has 156 valence electrons. The number of benzene rings is 2. The van der Waals surface area contributed by atoms with Crippen LogP contribution >= 0.6 is 11.6 Å². The number of rotatable bonds is 7. The molecular formula is C21H25ClN2O4S. The largest absolute Gasteiger partial charge is 0.495 e. The molecule has 2 atom stereocenters. The molecule has 1 aliphatic rings. The van der Waals surface area contributed by atoms with Gasteiger partial charge in [0.15, 0.2) is 0 Å². The van der Waals surface area contributed by atoms with Gasteiger partial charge in [0, 0.05) is 10.9 Å². The third-order valence-electron chi connectivity index (χ3n) is 6.05. The van der Waals surface area contributed by atoms with Gasteiger partial charge in [-0.25, -0.2) is 13.6 Å². The van der Waals surface area contributed by atoms with Crippen molar-refractivity contribution in [2.45, 2.75) is 37.5 Å². The average molecular weight is 437 g/mol. The summed E-state index contributed by atoms with van der Waals surface area (Å²) in [6.45, 7) is 4.14. The molecule has 6 nitrogen and oxygen atoms in total. The molecule has 0 radical (unpaired) electrons. The summed E-state index contributed by atoms with van der Waals surface area (Å²) < 4.78 is 28.4. The zero-order valence-electron chi connectivity index (χ0n) is 16.6. The number of nitrogens with two attached hydrogens (primary N) is 1. The minimum absolute atomic E-state index is 0.00259. The maximum Gasteiger partial charge on any atom is 0.238 e. The number of carbonyl (C=O) groups excluding carboxylic acids is 1. The predicted molar refractivity (Wildman–Crippen MR) is 114 cm³/mol. The van der Waals surface area contributed by atoms with Crippen molar-refractivity contribution in [1.29, 1.82) is 0 Å². The van der Waals surface area contributed by atoms with Crippen LogP contribution in [0.15, 0.2) is 47.4 Å². The molecule has 0 aromatic heterocycles. The van der Waals surface area contributed by atoms with E-state index in [1.807, 2.05) is 0 Å². The molecule has 0 spiro atoms. The normalized spacial score (nSPS) is 20.2. The second-order valence-electron chi connectivity index (χ2n) is 7.34. The zero-order chi connectivity index (χ0) is 21.4. The van der Waals surface area contributed by atoms with E-state index >= 15 is 0 Å². The lowest BCUT2D eigenvalue weighted by Gasteiger charge is -2.14. The monoisotopic (exact) mass is 436 g/mol. The van der Waals surface area contributed by atoms with Crippen molar-refractivity contribution >= 4 is 33.2 Å². The topological polar surface area (TPSA) is 98.5 Å². The molecule has 0 saturated heterocycles. The van der Waals surface area contributed by atoms with Crippen LogP contribution in [-0.4, -0.2) is 21.4 Å². The van der Waals surface area contributed by atoms with Gasteiger partial charge in [-0.15, -0.1) is 0 Å². The van der Waals surface area contributed by atoms with Gasteiger partial charge in [-0.1, -0.05) is 37.6 Å². The zero-order valence-corrected chi connectivity index (χ0v) is 18.2. The molecule has 2 aromatic carbocycles. The molecule has 3 N–H and O–H groups in total. The van der Waals surface area contributed by atoms with Crippen molar-refractivity contribution in [2.75, 3.05) is 12.4 Å². The second-order valence-corrected chi connectivity index (χ2v) is 9.34. The second kappa shape index (κ2) is 7.97. The van der Waals surface area contributed by atoms with Crippen molar-refractivity contribution in [2.24, 2.45) is 16.5 Å². The lowest BCUT2D eigenvalue weighted by molar-refractivity contribution is -0.118. The maximum atomic E-state index is 13.2. The number of methoxy groups -OCH3 is 1.